The molecule has 39 heavy (non-hydrogen) atoms. The molecule has 0 spiro atoms. The molecule has 7 nitrogen and oxygen atoms in total. The third-order valence-corrected chi connectivity index (χ3v) is 8.17. The van der Waals surface area contributed by atoms with Crippen molar-refractivity contribution in [2.45, 2.75) is 58.0 Å². The first-order valence-electron chi connectivity index (χ1n) is 13.0. The number of benzene rings is 3. The van der Waals surface area contributed by atoms with Gasteiger partial charge in [-0.05, 0) is 74.2 Å². The predicted octanol–water partition coefficient (Wildman–Crippen LogP) is 4.97. The van der Waals surface area contributed by atoms with Crippen molar-refractivity contribution in [3.8, 4) is 0 Å². The lowest BCUT2D eigenvalue weighted by Gasteiger charge is -2.33. The number of aryl methyl sites for hydroxylation is 2. The van der Waals surface area contributed by atoms with Gasteiger partial charge < -0.3 is 10.2 Å². The molecule has 0 fully saturated rings. The molecule has 0 aliphatic carbocycles. The van der Waals surface area contributed by atoms with E-state index in [4.69, 9.17) is 0 Å². The Hall–Kier alpha value is -3.72. The second kappa shape index (κ2) is 13.4. The van der Waals surface area contributed by atoms with Gasteiger partial charge >= 0.3 is 0 Å². The van der Waals surface area contributed by atoms with Crippen molar-refractivity contribution in [3.63, 3.8) is 0 Å². The van der Waals surface area contributed by atoms with Gasteiger partial charge in [-0.1, -0.05) is 55.8 Å². The van der Waals surface area contributed by atoms with E-state index in [0.717, 1.165) is 21.9 Å². The summed E-state index contributed by atoms with van der Waals surface area (Å²) in [5, 5.41) is 2.84. The molecule has 3 aromatic rings. The van der Waals surface area contributed by atoms with Gasteiger partial charge in [-0.15, -0.1) is 0 Å². The van der Waals surface area contributed by atoms with Crippen molar-refractivity contribution in [1.82, 2.24) is 10.2 Å². The number of hydrogen-bond acceptors (Lipinski definition) is 4. The van der Waals surface area contributed by atoms with E-state index in [0.29, 0.717) is 24.2 Å². The van der Waals surface area contributed by atoms with Crippen molar-refractivity contribution < 1.29 is 22.4 Å². The lowest BCUT2D eigenvalue weighted by atomic mass is 10.1. The lowest BCUT2D eigenvalue weighted by molar-refractivity contribution is -0.140. The molecule has 1 atom stereocenters. The number of hydrogen-bond donors (Lipinski definition) is 1. The molecule has 3 aromatic carbocycles. The van der Waals surface area contributed by atoms with Crippen LogP contribution in [0.3, 0.4) is 0 Å². The van der Waals surface area contributed by atoms with E-state index in [1.165, 1.54) is 29.2 Å². The molecule has 1 N–H and O–H groups in total. The molecule has 9 heteroatoms. The van der Waals surface area contributed by atoms with Gasteiger partial charge in [0.25, 0.3) is 10.0 Å². The minimum atomic E-state index is -4.13. The van der Waals surface area contributed by atoms with Crippen LogP contribution in [0.2, 0.25) is 0 Å². The summed E-state index contributed by atoms with van der Waals surface area (Å²) in [5.41, 5.74) is 2.70. The lowest BCUT2D eigenvalue weighted by Crippen LogP contribution is -2.52. The Labute approximate surface area is 230 Å². The Morgan fingerprint density at radius 3 is 2.18 bits per heavy atom. The first kappa shape index (κ1) is 29.8. The normalized spacial score (nSPS) is 12.0. The Morgan fingerprint density at radius 1 is 0.923 bits per heavy atom. The highest BCUT2D eigenvalue weighted by molar-refractivity contribution is 7.92. The highest BCUT2D eigenvalue weighted by atomic mass is 32.2. The molecular weight excluding hydrogens is 517 g/mol. The molecule has 0 saturated carbocycles. The zero-order chi connectivity index (χ0) is 28.6. The van der Waals surface area contributed by atoms with Crippen LogP contribution < -0.4 is 9.62 Å². The number of anilines is 1. The van der Waals surface area contributed by atoms with E-state index >= 15 is 0 Å². The minimum Gasteiger partial charge on any atom is -0.354 e. The third kappa shape index (κ3) is 7.66. The molecule has 0 aromatic heterocycles. The maximum Gasteiger partial charge on any atom is 0.264 e. The quantitative estimate of drug-likeness (QED) is 0.343. The number of halogens is 1. The summed E-state index contributed by atoms with van der Waals surface area (Å²) >= 11 is 0. The number of carbonyl (C=O) groups excluding carboxylic acids is 2. The van der Waals surface area contributed by atoms with Crippen LogP contribution in [0.1, 0.15) is 43.4 Å². The molecule has 3 rings (SSSR count). The zero-order valence-corrected chi connectivity index (χ0v) is 23.7. The highest BCUT2D eigenvalue weighted by Crippen LogP contribution is 2.26. The standard InChI is InChI=1S/C30H36FN3O4S/c1-5-18-32-30(36)28(6-2)33(20-24-12-14-25(31)15-13-24)29(35)21-34(26-9-7-8-23(4)19-26)39(37,38)27-16-10-22(3)11-17-27/h7-17,19,28H,5-6,18,20-21H2,1-4H3,(H,32,36)/t28-/m1/s1. The summed E-state index contributed by atoms with van der Waals surface area (Å²) in [7, 11) is -4.13. The molecular formula is C30H36FN3O4S. The van der Waals surface area contributed by atoms with Crippen LogP contribution in [0.15, 0.2) is 77.7 Å². The number of nitrogens with one attached hydrogen (secondary N) is 1. The molecule has 0 bridgehead atoms. The average Bonchev–Trinajstić information content (AvgIpc) is 2.91. The summed E-state index contributed by atoms with van der Waals surface area (Å²) in [4.78, 5) is 28.5. The van der Waals surface area contributed by atoms with Crippen LogP contribution in [-0.4, -0.2) is 44.3 Å². The first-order valence-corrected chi connectivity index (χ1v) is 14.5. The van der Waals surface area contributed by atoms with Gasteiger partial charge in [0.2, 0.25) is 11.8 Å². The Bertz CT molecular complexity index is 1380. The van der Waals surface area contributed by atoms with Crippen LogP contribution in [0.5, 0.6) is 0 Å². The van der Waals surface area contributed by atoms with E-state index < -0.39 is 34.3 Å². The molecule has 2 amide bonds. The molecule has 208 valence electrons. The van der Waals surface area contributed by atoms with Gasteiger partial charge in [-0.25, -0.2) is 12.8 Å². The maximum absolute atomic E-state index is 14.0. The fourth-order valence-electron chi connectivity index (χ4n) is 4.22. The SMILES string of the molecule is CCCNC(=O)[C@@H](CC)N(Cc1ccc(F)cc1)C(=O)CN(c1cccc(C)c1)S(=O)(=O)c1ccc(C)cc1. The predicted molar refractivity (Wildman–Crippen MR) is 151 cm³/mol. The monoisotopic (exact) mass is 553 g/mol. The number of amides is 2. The van der Waals surface area contributed by atoms with Crippen molar-refractivity contribution in [3.05, 3.63) is 95.3 Å². The van der Waals surface area contributed by atoms with Crippen molar-refractivity contribution in [2.24, 2.45) is 0 Å². The molecule has 0 aliphatic rings. The van der Waals surface area contributed by atoms with Gasteiger partial charge in [0.05, 0.1) is 10.6 Å². The summed E-state index contributed by atoms with van der Waals surface area (Å²) in [6.07, 6.45) is 1.04. The van der Waals surface area contributed by atoms with E-state index in [1.54, 1.807) is 49.4 Å². The molecule has 0 saturated heterocycles. The second-order valence-corrected chi connectivity index (χ2v) is 11.4. The van der Waals surface area contributed by atoms with Gasteiger partial charge in [0.1, 0.15) is 18.4 Å². The number of nitrogens with zero attached hydrogens (tertiary/aromatic N) is 2. The van der Waals surface area contributed by atoms with Gasteiger partial charge in [0, 0.05) is 13.1 Å². The third-order valence-electron chi connectivity index (χ3n) is 6.38. The first-order chi connectivity index (χ1) is 18.6. The van der Waals surface area contributed by atoms with Gasteiger partial charge in [0.15, 0.2) is 0 Å². The highest BCUT2D eigenvalue weighted by Gasteiger charge is 2.33. The largest absolute Gasteiger partial charge is 0.354 e. The number of sulfonamides is 1. The van der Waals surface area contributed by atoms with Crippen LogP contribution in [-0.2, 0) is 26.2 Å². The van der Waals surface area contributed by atoms with Crippen LogP contribution in [0, 0.1) is 19.7 Å². The summed E-state index contributed by atoms with van der Waals surface area (Å²) in [6, 6.07) is 18.2. The van der Waals surface area contributed by atoms with E-state index in [2.05, 4.69) is 5.32 Å². The van der Waals surface area contributed by atoms with Crippen molar-refractivity contribution in [2.75, 3.05) is 17.4 Å². The minimum absolute atomic E-state index is 0.0173. The van der Waals surface area contributed by atoms with E-state index in [9.17, 15) is 22.4 Å². The fourth-order valence-corrected chi connectivity index (χ4v) is 5.63. The molecule has 0 unspecified atom stereocenters. The molecule has 0 aliphatic heterocycles. The van der Waals surface area contributed by atoms with Gasteiger partial charge in [-0.3, -0.25) is 13.9 Å². The fraction of sp³-hybridized carbons (Fsp3) is 0.333. The number of carbonyl (C=O) groups is 2. The van der Waals surface area contributed by atoms with Crippen molar-refractivity contribution in [1.29, 1.82) is 0 Å². The van der Waals surface area contributed by atoms with Crippen LogP contribution in [0.25, 0.3) is 0 Å². The Kier molecular flexibility index (Phi) is 10.2. The van der Waals surface area contributed by atoms with E-state index in [1.807, 2.05) is 26.8 Å². The molecule has 0 heterocycles. The maximum atomic E-state index is 14.0. The molecule has 0 radical (unpaired) electrons. The van der Waals surface area contributed by atoms with Gasteiger partial charge in [-0.2, -0.15) is 0 Å². The summed E-state index contributed by atoms with van der Waals surface area (Å²) < 4.78 is 42.4. The van der Waals surface area contributed by atoms with E-state index in [-0.39, 0.29) is 17.3 Å². The van der Waals surface area contributed by atoms with Crippen LogP contribution in [0.4, 0.5) is 10.1 Å². The average molecular weight is 554 g/mol. The summed E-state index contributed by atoms with van der Waals surface area (Å²) in [6.45, 7) is 7.38. The van der Waals surface area contributed by atoms with Crippen molar-refractivity contribution >= 4 is 27.5 Å². The summed E-state index contributed by atoms with van der Waals surface area (Å²) in [5.74, 6) is -1.28. The Morgan fingerprint density at radius 2 is 1.59 bits per heavy atom. The smallest absolute Gasteiger partial charge is 0.264 e. The number of rotatable bonds is 12. The van der Waals surface area contributed by atoms with Crippen LogP contribution >= 0.6 is 0 Å². The Balaban J connectivity index is 2.04. The topological polar surface area (TPSA) is 86.8 Å². The zero-order valence-electron chi connectivity index (χ0n) is 22.9. The second-order valence-electron chi connectivity index (χ2n) is 9.53.